The Balaban J connectivity index is 2.01. The van der Waals surface area contributed by atoms with Crippen molar-refractivity contribution in [2.75, 3.05) is 19.7 Å². The van der Waals surface area contributed by atoms with Crippen molar-refractivity contribution in [1.29, 1.82) is 0 Å². The number of hydrogen-bond donors (Lipinski definition) is 1. The van der Waals surface area contributed by atoms with Gasteiger partial charge in [-0.25, -0.2) is 0 Å². The van der Waals surface area contributed by atoms with Gasteiger partial charge in [-0.1, -0.05) is 18.2 Å². The van der Waals surface area contributed by atoms with Crippen LogP contribution in [0.5, 0.6) is 0 Å². The number of fused-ring (bicyclic) bond motifs is 5. The first-order valence-corrected chi connectivity index (χ1v) is 8.10. The lowest BCUT2D eigenvalue weighted by Gasteiger charge is -2.52. The minimum absolute atomic E-state index is 0.0195. The summed E-state index contributed by atoms with van der Waals surface area (Å²) < 4.78 is 2.38. The predicted octanol–water partition coefficient (Wildman–Crippen LogP) is 2.65. The molecule has 1 saturated heterocycles. The van der Waals surface area contributed by atoms with Gasteiger partial charge < -0.3 is 9.67 Å². The summed E-state index contributed by atoms with van der Waals surface area (Å²) in [5, 5.41) is 11.4. The summed E-state index contributed by atoms with van der Waals surface area (Å²) in [5.74, 6) is 0.341. The Morgan fingerprint density at radius 1 is 1.29 bits per heavy atom. The third kappa shape index (κ3) is 1.62. The molecule has 112 valence electrons. The quantitative estimate of drug-likeness (QED) is 0.872. The van der Waals surface area contributed by atoms with Crippen molar-refractivity contribution in [3.05, 3.63) is 35.5 Å². The van der Waals surface area contributed by atoms with Crippen LogP contribution in [-0.4, -0.2) is 34.3 Å². The summed E-state index contributed by atoms with van der Waals surface area (Å²) >= 11 is 0. The van der Waals surface area contributed by atoms with E-state index in [0.29, 0.717) is 5.92 Å². The summed E-state index contributed by atoms with van der Waals surface area (Å²) in [6.07, 6.45) is 3.47. The van der Waals surface area contributed by atoms with E-state index in [9.17, 15) is 5.11 Å². The Bertz CT molecular complexity index is 690. The van der Waals surface area contributed by atoms with E-state index >= 15 is 0 Å². The van der Waals surface area contributed by atoms with Gasteiger partial charge in [-0.2, -0.15) is 0 Å². The van der Waals surface area contributed by atoms with Crippen LogP contribution in [-0.2, 0) is 19.0 Å². The largest absolute Gasteiger partial charge is 0.396 e. The Kier molecular flexibility index (Phi) is 2.92. The molecule has 0 bridgehead atoms. The molecule has 0 amide bonds. The fourth-order valence-electron chi connectivity index (χ4n) is 4.87. The number of nitrogens with zero attached hydrogens (tertiary/aromatic N) is 2. The highest BCUT2D eigenvalue weighted by Gasteiger charge is 2.48. The molecule has 21 heavy (non-hydrogen) atoms. The van der Waals surface area contributed by atoms with E-state index < -0.39 is 0 Å². The number of piperidine rings is 1. The van der Waals surface area contributed by atoms with Gasteiger partial charge >= 0.3 is 0 Å². The van der Waals surface area contributed by atoms with Crippen molar-refractivity contribution in [3.8, 4) is 0 Å². The molecule has 1 aromatic carbocycles. The molecule has 0 radical (unpaired) electrons. The number of para-hydroxylation sites is 1. The summed E-state index contributed by atoms with van der Waals surface area (Å²) in [4.78, 5) is 2.61. The Hall–Kier alpha value is -1.32. The predicted molar refractivity (Wildman–Crippen MR) is 85.4 cm³/mol. The van der Waals surface area contributed by atoms with E-state index in [4.69, 9.17) is 0 Å². The monoisotopic (exact) mass is 284 g/mol. The van der Waals surface area contributed by atoms with Gasteiger partial charge in [-0.3, -0.25) is 4.90 Å². The second kappa shape index (κ2) is 4.59. The first-order valence-electron chi connectivity index (χ1n) is 8.10. The average Bonchev–Trinajstić information content (AvgIpc) is 2.81. The third-order valence-electron chi connectivity index (χ3n) is 5.98. The lowest BCUT2D eigenvalue weighted by molar-refractivity contribution is -0.0324. The number of aliphatic hydroxyl groups is 1. The van der Waals surface area contributed by atoms with E-state index in [2.05, 4.69) is 47.7 Å². The number of aryl methyl sites for hydroxylation is 1. The number of aromatic nitrogens is 1. The summed E-state index contributed by atoms with van der Waals surface area (Å²) in [5.41, 5.74) is 4.25. The van der Waals surface area contributed by atoms with Gasteiger partial charge in [0.1, 0.15) is 0 Å². The van der Waals surface area contributed by atoms with Crippen LogP contribution in [0.15, 0.2) is 24.3 Å². The van der Waals surface area contributed by atoms with Crippen LogP contribution in [0.25, 0.3) is 10.9 Å². The van der Waals surface area contributed by atoms with Crippen LogP contribution in [0.3, 0.4) is 0 Å². The zero-order valence-corrected chi connectivity index (χ0v) is 13.0. The van der Waals surface area contributed by atoms with Gasteiger partial charge in [0.15, 0.2) is 0 Å². The van der Waals surface area contributed by atoms with Gasteiger partial charge in [-0.15, -0.1) is 0 Å². The molecule has 2 aliphatic heterocycles. The number of benzene rings is 1. The minimum atomic E-state index is -0.0195. The Morgan fingerprint density at radius 2 is 2.10 bits per heavy atom. The molecule has 2 aromatic rings. The molecule has 1 aromatic heterocycles. The normalized spacial score (nSPS) is 29.4. The number of rotatable bonds is 1. The first kappa shape index (κ1) is 13.4. The Morgan fingerprint density at radius 3 is 2.90 bits per heavy atom. The zero-order valence-electron chi connectivity index (χ0n) is 13.0. The summed E-state index contributed by atoms with van der Waals surface area (Å²) in [6, 6.07) is 8.74. The van der Waals surface area contributed by atoms with E-state index in [-0.39, 0.29) is 12.1 Å². The molecule has 2 unspecified atom stereocenters. The molecule has 3 heteroatoms. The van der Waals surface area contributed by atoms with Crippen LogP contribution >= 0.6 is 0 Å². The molecule has 0 spiro atoms. The van der Waals surface area contributed by atoms with Crippen LogP contribution in [0.1, 0.15) is 31.0 Å². The smallest absolute Gasteiger partial charge is 0.0638 e. The second-order valence-corrected chi connectivity index (χ2v) is 6.81. The summed E-state index contributed by atoms with van der Waals surface area (Å²) in [7, 11) is 2.19. The lowest BCUT2D eigenvalue weighted by Crippen LogP contribution is -2.57. The molecule has 1 N–H and O–H groups in total. The van der Waals surface area contributed by atoms with Gasteiger partial charge in [0.25, 0.3) is 0 Å². The molecular formula is C18H24N2O. The molecule has 2 atom stereocenters. The zero-order chi connectivity index (χ0) is 14.6. The van der Waals surface area contributed by atoms with Crippen LogP contribution in [0, 0.1) is 5.92 Å². The third-order valence-corrected chi connectivity index (χ3v) is 5.98. The molecule has 1 fully saturated rings. The van der Waals surface area contributed by atoms with Crippen LogP contribution in [0.4, 0.5) is 0 Å². The molecule has 3 heterocycles. The van der Waals surface area contributed by atoms with Crippen molar-refractivity contribution >= 4 is 10.9 Å². The molecular weight excluding hydrogens is 260 g/mol. The van der Waals surface area contributed by atoms with E-state index in [0.717, 1.165) is 25.9 Å². The second-order valence-electron chi connectivity index (χ2n) is 6.81. The van der Waals surface area contributed by atoms with Gasteiger partial charge in [0, 0.05) is 42.7 Å². The fourth-order valence-corrected chi connectivity index (χ4v) is 4.87. The van der Waals surface area contributed by atoms with Gasteiger partial charge in [-0.05, 0) is 44.4 Å². The topological polar surface area (TPSA) is 28.4 Å². The maximum atomic E-state index is 9.95. The number of hydrogen-bond acceptors (Lipinski definition) is 2. The average molecular weight is 284 g/mol. The lowest BCUT2D eigenvalue weighted by atomic mass is 9.72. The molecule has 4 rings (SSSR count). The van der Waals surface area contributed by atoms with Gasteiger partial charge in [0.05, 0.1) is 5.54 Å². The SMILES string of the molecule is Cn1c2c(c3ccccc31)CCN1CCCC(CO)C21C. The highest BCUT2D eigenvalue weighted by atomic mass is 16.3. The minimum Gasteiger partial charge on any atom is -0.396 e. The van der Waals surface area contributed by atoms with Crippen molar-refractivity contribution < 1.29 is 5.11 Å². The maximum absolute atomic E-state index is 9.95. The highest BCUT2D eigenvalue weighted by Crippen LogP contribution is 2.47. The van der Waals surface area contributed by atoms with E-state index in [1.54, 1.807) is 0 Å². The molecule has 2 aliphatic rings. The van der Waals surface area contributed by atoms with Crippen molar-refractivity contribution in [2.45, 2.75) is 31.7 Å². The molecule has 0 aliphatic carbocycles. The van der Waals surface area contributed by atoms with Crippen molar-refractivity contribution in [1.82, 2.24) is 9.47 Å². The molecule has 3 nitrogen and oxygen atoms in total. The van der Waals surface area contributed by atoms with E-state index in [1.807, 2.05) is 0 Å². The van der Waals surface area contributed by atoms with Crippen molar-refractivity contribution in [3.63, 3.8) is 0 Å². The summed E-state index contributed by atoms with van der Waals surface area (Å²) in [6.45, 7) is 4.92. The Labute approximate surface area is 126 Å². The van der Waals surface area contributed by atoms with E-state index in [1.165, 1.54) is 28.6 Å². The standard InChI is InChI=1S/C18H24N2O/c1-18-13(12-21)6-5-10-20(18)11-9-15-14-7-3-4-8-16(14)19(2)17(15)18/h3-4,7-8,13,21H,5-6,9-12H2,1-2H3. The first-order chi connectivity index (χ1) is 10.2. The van der Waals surface area contributed by atoms with Crippen molar-refractivity contribution in [2.24, 2.45) is 13.0 Å². The van der Waals surface area contributed by atoms with Crippen LogP contribution < -0.4 is 0 Å². The molecule has 0 saturated carbocycles. The maximum Gasteiger partial charge on any atom is 0.0638 e. The number of aliphatic hydroxyl groups excluding tert-OH is 1. The fraction of sp³-hybridized carbons (Fsp3) is 0.556. The highest BCUT2D eigenvalue weighted by molar-refractivity contribution is 5.86. The van der Waals surface area contributed by atoms with Gasteiger partial charge in [0.2, 0.25) is 0 Å². The van der Waals surface area contributed by atoms with Crippen LogP contribution in [0.2, 0.25) is 0 Å².